The van der Waals surface area contributed by atoms with Crippen LogP contribution in [0.25, 0.3) is 12.2 Å². The molecule has 0 aliphatic rings. The fourth-order valence-electron chi connectivity index (χ4n) is 1.66. The van der Waals surface area contributed by atoms with Crippen molar-refractivity contribution < 1.29 is 9.53 Å². The van der Waals surface area contributed by atoms with Crippen molar-refractivity contribution in [3.63, 3.8) is 0 Å². The summed E-state index contributed by atoms with van der Waals surface area (Å²) in [5.74, 6) is 0.349. The molecule has 2 rings (SSSR count). The molecule has 108 valence electrons. The van der Waals surface area contributed by atoms with Crippen molar-refractivity contribution >= 4 is 18.1 Å². The highest BCUT2D eigenvalue weighted by atomic mass is 16.5. The lowest BCUT2D eigenvalue weighted by molar-refractivity contribution is -0.142. The van der Waals surface area contributed by atoms with Crippen LogP contribution >= 0.6 is 0 Å². The summed E-state index contributed by atoms with van der Waals surface area (Å²) in [5.41, 5.74) is 1.72. The summed E-state index contributed by atoms with van der Waals surface area (Å²) >= 11 is 0. The number of rotatable bonds is 3. The smallest absolute Gasteiger partial charge is 0.316 e. The third-order valence-corrected chi connectivity index (χ3v) is 2.97. The van der Waals surface area contributed by atoms with E-state index in [4.69, 9.17) is 4.74 Å². The zero-order chi connectivity index (χ0) is 15.3. The number of hydrogen-bond acceptors (Lipinski definition) is 2. The Morgan fingerprint density at radius 3 is 1.90 bits per heavy atom. The van der Waals surface area contributed by atoms with Crippen LogP contribution in [-0.2, 0) is 4.79 Å². The van der Waals surface area contributed by atoms with Crippen LogP contribution in [0.2, 0.25) is 0 Å². The highest BCUT2D eigenvalue weighted by Crippen LogP contribution is 2.20. The van der Waals surface area contributed by atoms with Crippen LogP contribution in [0.5, 0.6) is 5.75 Å². The molecule has 0 saturated heterocycles. The first-order chi connectivity index (χ1) is 9.95. The number of hydrogen-bond donors (Lipinski definition) is 0. The van der Waals surface area contributed by atoms with Gasteiger partial charge in [0.25, 0.3) is 0 Å². The predicted octanol–water partition coefficient (Wildman–Crippen LogP) is 4.81. The molecule has 0 N–H and O–H groups in total. The summed E-state index contributed by atoms with van der Waals surface area (Å²) < 4.78 is 5.33. The van der Waals surface area contributed by atoms with Crippen LogP contribution in [0, 0.1) is 5.41 Å². The van der Waals surface area contributed by atoms with Gasteiger partial charge in [-0.3, -0.25) is 4.79 Å². The fraction of sp³-hybridized carbons (Fsp3) is 0.211. The van der Waals surface area contributed by atoms with E-state index in [0.29, 0.717) is 5.75 Å². The highest BCUT2D eigenvalue weighted by molar-refractivity contribution is 5.78. The van der Waals surface area contributed by atoms with Crippen LogP contribution in [0.4, 0.5) is 0 Å². The van der Waals surface area contributed by atoms with Crippen molar-refractivity contribution in [2.45, 2.75) is 20.8 Å². The van der Waals surface area contributed by atoms with Crippen molar-refractivity contribution in [3.05, 3.63) is 65.7 Å². The molecule has 0 fully saturated rings. The maximum atomic E-state index is 11.8. The molecule has 0 heterocycles. The zero-order valence-electron chi connectivity index (χ0n) is 12.7. The Hall–Kier alpha value is -2.35. The van der Waals surface area contributed by atoms with Crippen molar-refractivity contribution in [3.8, 4) is 5.75 Å². The van der Waals surface area contributed by atoms with Crippen LogP contribution in [0.15, 0.2) is 54.6 Å². The van der Waals surface area contributed by atoms with Gasteiger partial charge in [0.15, 0.2) is 0 Å². The maximum Gasteiger partial charge on any atom is 0.316 e. The van der Waals surface area contributed by atoms with Gasteiger partial charge in [-0.15, -0.1) is 0 Å². The minimum absolute atomic E-state index is 0.227. The van der Waals surface area contributed by atoms with Crippen LogP contribution < -0.4 is 4.74 Å². The lowest BCUT2D eigenvalue weighted by Gasteiger charge is -2.16. The van der Waals surface area contributed by atoms with Gasteiger partial charge in [-0.05, 0) is 44.0 Å². The molecular formula is C19H20O2. The molecule has 2 heteroatoms. The van der Waals surface area contributed by atoms with Gasteiger partial charge >= 0.3 is 5.97 Å². The molecule has 0 radical (unpaired) electrons. The van der Waals surface area contributed by atoms with Crippen LogP contribution in [0.3, 0.4) is 0 Å². The molecule has 21 heavy (non-hydrogen) atoms. The molecule has 0 aliphatic carbocycles. The number of benzene rings is 2. The van der Waals surface area contributed by atoms with Crippen molar-refractivity contribution in [2.75, 3.05) is 0 Å². The van der Waals surface area contributed by atoms with Gasteiger partial charge in [0.1, 0.15) is 5.75 Å². The van der Waals surface area contributed by atoms with Crippen molar-refractivity contribution in [1.82, 2.24) is 0 Å². The Kier molecular flexibility index (Phi) is 4.59. The van der Waals surface area contributed by atoms with Crippen molar-refractivity contribution in [2.24, 2.45) is 5.41 Å². The summed E-state index contributed by atoms with van der Waals surface area (Å²) in [7, 11) is 0. The number of ether oxygens (including phenoxy) is 1. The van der Waals surface area contributed by atoms with E-state index in [1.165, 1.54) is 0 Å². The van der Waals surface area contributed by atoms with Gasteiger partial charge in [-0.1, -0.05) is 54.6 Å². The second-order valence-corrected chi connectivity index (χ2v) is 5.95. The second-order valence-electron chi connectivity index (χ2n) is 5.95. The largest absolute Gasteiger partial charge is 0.426 e. The zero-order valence-corrected chi connectivity index (χ0v) is 12.7. The van der Waals surface area contributed by atoms with E-state index >= 15 is 0 Å². The standard InChI is InChI=1S/C19H20O2/c1-19(2,3)18(20)21-17-13-11-16(12-14-17)10-9-15-7-5-4-6-8-15/h4-14H,1-3H3/b10-9+. The van der Waals surface area contributed by atoms with Gasteiger partial charge in [-0.25, -0.2) is 0 Å². The van der Waals surface area contributed by atoms with Crippen LogP contribution in [-0.4, -0.2) is 5.97 Å². The van der Waals surface area contributed by atoms with E-state index in [1.54, 1.807) is 0 Å². The topological polar surface area (TPSA) is 26.3 Å². The Morgan fingerprint density at radius 2 is 1.38 bits per heavy atom. The summed E-state index contributed by atoms with van der Waals surface area (Å²) in [6.07, 6.45) is 4.08. The number of carbonyl (C=O) groups excluding carboxylic acids is 1. The van der Waals surface area contributed by atoms with E-state index in [9.17, 15) is 4.79 Å². The maximum absolute atomic E-state index is 11.8. The summed E-state index contributed by atoms with van der Waals surface area (Å²) in [5, 5.41) is 0. The normalized spacial score (nSPS) is 11.6. The molecule has 0 spiro atoms. The average molecular weight is 280 g/mol. The predicted molar refractivity (Wildman–Crippen MR) is 86.9 cm³/mol. The monoisotopic (exact) mass is 280 g/mol. The fourth-order valence-corrected chi connectivity index (χ4v) is 1.66. The first kappa shape index (κ1) is 15.0. The number of esters is 1. The molecule has 0 saturated carbocycles. The molecule has 0 bridgehead atoms. The van der Waals surface area contributed by atoms with Gasteiger partial charge in [0, 0.05) is 0 Å². The molecule has 0 aromatic heterocycles. The van der Waals surface area contributed by atoms with Crippen molar-refractivity contribution in [1.29, 1.82) is 0 Å². The Bertz CT molecular complexity index is 617. The van der Waals surface area contributed by atoms with E-state index in [1.807, 2.05) is 69.3 Å². The Balaban J connectivity index is 2.03. The van der Waals surface area contributed by atoms with E-state index in [-0.39, 0.29) is 5.97 Å². The lowest BCUT2D eigenvalue weighted by Crippen LogP contribution is -2.25. The third kappa shape index (κ3) is 4.60. The Morgan fingerprint density at radius 1 is 0.857 bits per heavy atom. The molecule has 2 nitrogen and oxygen atoms in total. The van der Waals surface area contributed by atoms with Gasteiger partial charge < -0.3 is 4.74 Å². The second kappa shape index (κ2) is 6.40. The minimum atomic E-state index is -0.494. The molecule has 0 unspecified atom stereocenters. The molecule has 2 aromatic rings. The summed E-state index contributed by atoms with van der Waals surface area (Å²) in [6.45, 7) is 5.52. The van der Waals surface area contributed by atoms with Gasteiger partial charge in [-0.2, -0.15) is 0 Å². The average Bonchev–Trinajstić information content (AvgIpc) is 2.46. The van der Waals surface area contributed by atoms with E-state index in [2.05, 4.69) is 18.2 Å². The highest BCUT2D eigenvalue weighted by Gasteiger charge is 2.23. The quantitative estimate of drug-likeness (QED) is 0.458. The number of carbonyl (C=O) groups is 1. The van der Waals surface area contributed by atoms with Crippen LogP contribution in [0.1, 0.15) is 31.9 Å². The SMILES string of the molecule is CC(C)(C)C(=O)Oc1ccc(/C=C/c2ccccc2)cc1. The molecule has 0 aliphatic heterocycles. The van der Waals surface area contributed by atoms with E-state index in [0.717, 1.165) is 11.1 Å². The first-order valence-corrected chi connectivity index (χ1v) is 7.01. The minimum Gasteiger partial charge on any atom is -0.426 e. The Labute approximate surface area is 126 Å². The summed E-state index contributed by atoms with van der Waals surface area (Å²) in [6, 6.07) is 17.6. The van der Waals surface area contributed by atoms with E-state index < -0.39 is 5.41 Å². The summed E-state index contributed by atoms with van der Waals surface area (Å²) in [4.78, 5) is 11.8. The molecule has 2 aromatic carbocycles. The third-order valence-electron chi connectivity index (χ3n) is 2.97. The molecule has 0 atom stereocenters. The molecule has 0 amide bonds. The first-order valence-electron chi connectivity index (χ1n) is 7.01. The van der Waals surface area contributed by atoms with Gasteiger partial charge in [0.05, 0.1) is 5.41 Å². The lowest BCUT2D eigenvalue weighted by atomic mass is 9.97. The van der Waals surface area contributed by atoms with Gasteiger partial charge in [0.2, 0.25) is 0 Å². The molecular weight excluding hydrogens is 260 g/mol.